The molecule has 0 aliphatic carbocycles. The summed E-state index contributed by atoms with van der Waals surface area (Å²) in [6.07, 6.45) is 0. The first-order chi connectivity index (χ1) is 8.86. The number of hydrogen-bond donors (Lipinski definition) is 1. The third kappa shape index (κ3) is 3.30. The first-order valence-corrected chi connectivity index (χ1v) is 6.98. The predicted octanol–water partition coefficient (Wildman–Crippen LogP) is 2.57. The molecule has 2 rings (SSSR count). The monoisotopic (exact) mass is 281 g/mol. The summed E-state index contributed by atoms with van der Waals surface area (Å²) in [4.78, 5) is 0.0408. The van der Waals surface area contributed by atoms with Gasteiger partial charge in [0.05, 0.1) is 4.90 Å². The molecular weight excluding hydrogens is 269 g/mol. The molecule has 0 saturated heterocycles. The van der Waals surface area contributed by atoms with Gasteiger partial charge in [-0.05, 0) is 42.8 Å². The highest BCUT2D eigenvalue weighted by atomic mass is 32.2. The maximum Gasteiger partial charge on any atom is 0.238 e. The van der Waals surface area contributed by atoms with Gasteiger partial charge in [0.1, 0.15) is 17.3 Å². The van der Waals surface area contributed by atoms with E-state index < -0.39 is 15.8 Å². The molecule has 0 radical (unpaired) electrons. The fourth-order valence-corrected chi connectivity index (χ4v) is 2.44. The van der Waals surface area contributed by atoms with Gasteiger partial charge < -0.3 is 4.74 Å². The second-order valence-electron chi connectivity index (χ2n) is 4.03. The SMILES string of the molecule is Cc1cc(Oc2cccc(F)c2)ccc1S(N)(=O)=O. The second-order valence-corrected chi connectivity index (χ2v) is 5.56. The Kier molecular flexibility index (Phi) is 3.55. The third-order valence-electron chi connectivity index (χ3n) is 2.48. The van der Waals surface area contributed by atoms with E-state index >= 15 is 0 Å². The van der Waals surface area contributed by atoms with E-state index in [1.54, 1.807) is 13.0 Å². The molecule has 0 saturated carbocycles. The molecule has 0 aliphatic heterocycles. The molecule has 4 nitrogen and oxygen atoms in total. The van der Waals surface area contributed by atoms with Gasteiger partial charge in [0, 0.05) is 6.07 Å². The minimum absolute atomic E-state index is 0.0408. The Balaban J connectivity index is 2.31. The van der Waals surface area contributed by atoms with Crippen molar-refractivity contribution in [3.05, 3.63) is 53.8 Å². The molecule has 0 amide bonds. The zero-order valence-electron chi connectivity index (χ0n) is 10.1. The number of benzene rings is 2. The molecule has 0 unspecified atom stereocenters. The lowest BCUT2D eigenvalue weighted by atomic mass is 10.2. The van der Waals surface area contributed by atoms with Gasteiger partial charge >= 0.3 is 0 Å². The van der Waals surface area contributed by atoms with E-state index in [0.29, 0.717) is 17.1 Å². The number of nitrogens with two attached hydrogens (primary N) is 1. The number of hydrogen-bond acceptors (Lipinski definition) is 3. The normalized spacial score (nSPS) is 11.3. The number of sulfonamides is 1. The highest BCUT2D eigenvalue weighted by Gasteiger charge is 2.12. The van der Waals surface area contributed by atoms with Crippen LogP contribution in [0.5, 0.6) is 11.5 Å². The highest BCUT2D eigenvalue weighted by molar-refractivity contribution is 7.89. The van der Waals surface area contributed by atoms with Gasteiger partial charge in [-0.3, -0.25) is 0 Å². The fraction of sp³-hybridized carbons (Fsp3) is 0.0769. The quantitative estimate of drug-likeness (QED) is 0.940. The number of rotatable bonds is 3. The van der Waals surface area contributed by atoms with Crippen LogP contribution in [0.3, 0.4) is 0 Å². The van der Waals surface area contributed by atoms with Gasteiger partial charge in [-0.25, -0.2) is 17.9 Å². The minimum atomic E-state index is -3.75. The smallest absolute Gasteiger partial charge is 0.238 e. The van der Waals surface area contributed by atoms with E-state index in [0.717, 1.165) is 0 Å². The van der Waals surface area contributed by atoms with Crippen LogP contribution in [0.1, 0.15) is 5.56 Å². The molecule has 0 fully saturated rings. The Labute approximate surface area is 110 Å². The Morgan fingerprint density at radius 1 is 1.11 bits per heavy atom. The zero-order valence-corrected chi connectivity index (χ0v) is 10.9. The van der Waals surface area contributed by atoms with Crippen molar-refractivity contribution in [2.75, 3.05) is 0 Å². The van der Waals surface area contributed by atoms with Crippen molar-refractivity contribution in [2.24, 2.45) is 5.14 Å². The van der Waals surface area contributed by atoms with E-state index in [2.05, 4.69) is 0 Å². The van der Waals surface area contributed by atoms with Crippen LogP contribution in [-0.2, 0) is 10.0 Å². The molecular formula is C13H12FNO3S. The Hall–Kier alpha value is -1.92. The molecule has 0 bridgehead atoms. The molecule has 2 aromatic carbocycles. The lowest BCUT2D eigenvalue weighted by Gasteiger charge is -2.08. The minimum Gasteiger partial charge on any atom is -0.457 e. The van der Waals surface area contributed by atoms with Crippen molar-refractivity contribution >= 4 is 10.0 Å². The van der Waals surface area contributed by atoms with Gasteiger partial charge in [-0.2, -0.15) is 0 Å². The van der Waals surface area contributed by atoms with Crippen LogP contribution >= 0.6 is 0 Å². The summed E-state index contributed by atoms with van der Waals surface area (Å²) in [5.41, 5.74) is 0.469. The van der Waals surface area contributed by atoms with E-state index in [4.69, 9.17) is 9.88 Å². The largest absolute Gasteiger partial charge is 0.457 e. The van der Waals surface area contributed by atoms with Crippen molar-refractivity contribution in [1.82, 2.24) is 0 Å². The zero-order chi connectivity index (χ0) is 14.0. The molecule has 6 heteroatoms. The average molecular weight is 281 g/mol. The Bertz CT molecular complexity index is 714. The van der Waals surface area contributed by atoms with Crippen molar-refractivity contribution in [3.63, 3.8) is 0 Å². The van der Waals surface area contributed by atoms with Crippen molar-refractivity contribution in [3.8, 4) is 11.5 Å². The van der Waals surface area contributed by atoms with Crippen LogP contribution in [0.15, 0.2) is 47.4 Å². The van der Waals surface area contributed by atoms with Crippen LogP contribution in [0.2, 0.25) is 0 Å². The van der Waals surface area contributed by atoms with E-state index in [9.17, 15) is 12.8 Å². The van der Waals surface area contributed by atoms with Crippen LogP contribution in [0, 0.1) is 12.7 Å². The van der Waals surface area contributed by atoms with Crippen molar-refractivity contribution in [1.29, 1.82) is 0 Å². The molecule has 0 atom stereocenters. The first kappa shape index (κ1) is 13.5. The van der Waals surface area contributed by atoms with Gasteiger partial charge in [0.25, 0.3) is 0 Å². The maximum atomic E-state index is 13.0. The molecule has 0 aliphatic rings. The average Bonchev–Trinajstić information content (AvgIpc) is 2.27. The number of halogens is 1. The van der Waals surface area contributed by atoms with Crippen molar-refractivity contribution in [2.45, 2.75) is 11.8 Å². The van der Waals surface area contributed by atoms with Gasteiger partial charge in [-0.1, -0.05) is 6.07 Å². The lowest BCUT2D eigenvalue weighted by molar-refractivity contribution is 0.476. The molecule has 2 N–H and O–H groups in total. The maximum absolute atomic E-state index is 13.0. The summed E-state index contributed by atoms with van der Waals surface area (Å²) >= 11 is 0. The molecule has 0 aromatic heterocycles. The summed E-state index contributed by atoms with van der Waals surface area (Å²) in [5.74, 6) is 0.341. The number of aryl methyl sites for hydroxylation is 1. The molecule has 100 valence electrons. The third-order valence-corrected chi connectivity index (χ3v) is 3.56. The predicted molar refractivity (Wildman–Crippen MR) is 69.0 cm³/mol. The second kappa shape index (κ2) is 4.99. The van der Waals surface area contributed by atoms with Crippen LogP contribution < -0.4 is 9.88 Å². The van der Waals surface area contributed by atoms with Gasteiger partial charge in [-0.15, -0.1) is 0 Å². The van der Waals surface area contributed by atoms with Gasteiger partial charge in [0.15, 0.2) is 0 Å². The summed E-state index contributed by atoms with van der Waals surface area (Å²) in [6.45, 7) is 1.61. The standard InChI is InChI=1S/C13H12FNO3S/c1-9-7-12(5-6-13(9)19(15,16)17)18-11-4-2-3-10(14)8-11/h2-8H,1H3,(H2,15,16,17). The molecule has 0 heterocycles. The van der Waals surface area contributed by atoms with E-state index in [1.165, 1.54) is 36.4 Å². The van der Waals surface area contributed by atoms with Crippen LogP contribution in [0.25, 0.3) is 0 Å². The van der Waals surface area contributed by atoms with E-state index in [-0.39, 0.29) is 4.90 Å². The Morgan fingerprint density at radius 2 is 1.79 bits per heavy atom. The number of primary sulfonamides is 1. The summed E-state index contributed by atoms with van der Waals surface area (Å²) in [7, 11) is -3.75. The first-order valence-electron chi connectivity index (χ1n) is 5.43. The molecule has 2 aromatic rings. The summed E-state index contributed by atoms with van der Waals surface area (Å²) in [6, 6.07) is 10.0. The fourth-order valence-electron chi connectivity index (χ4n) is 1.67. The summed E-state index contributed by atoms with van der Waals surface area (Å²) < 4.78 is 40.9. The lowest BCUT2D eigenvalue weighted by Crippen LogP contribution is -2.13. The Morgan fingerprint density at radius 3 is 2.37 bits per heavy atom. The molecule has 19 heavy (non-hydrogen) atoms. The summed E-state index contributed by atoms with van der Waals surface area (Å²) in [5, 5.41) is 5.06. The topological polar surface area (TPSA) is 69.4 Å². The van der Waals surface area contributed by atoms with Gasteiger partial charge in [0.2, 0.25) is 10.0 Å². The van der Waals surface area contributed by atoms with Crippen LogP contribution in [0.4, 0.5) is 4.39 Å². The molecule has 0 spiro atoms. The van der Waals surface area contributed by atoms with Crippen LogP contribution in [-0.4, -0.2) is 8.42 Å². The van der Waals surface area contributed by atoms with Crippen molar-refractivity contribution < 1.29 is 17.5 Å². The van der Waals surface area contributed by atoms with E-state index in [1.807, 2.05) is 0 Å². The highest BCUT2D eigenvalue weighted by Crippen LogP contribution is 2.25. The number of ether oxygens (including phenoxy) is 1.